The first-order valence-corrected chi connectivity index (χ1v) is 8.37. The highest BCUT2D eigenvalue weighted by molar-refractivity contribution is 7.13. The number of nitrogens with zero attached hydrogens (tertiary/aromatic N) is 1. The van der Waals surface area contributed by atoms with E-state index in [1.54, 1.807) is 17.4 Å². The Labute approximate surface area is 144 Å². The van der Waals surface area contributed by atoms with Crippen molar-refractivity contribution < 1.29 is 9.90 Å². The number of carbonyl (C=O) groups excluding carboxylic acids is 1. The lowest BCUT2D eigenvalue weighted by molar-refractivity contribution is -0.118. The second-order valence-corrected chi connectivity index (χ2v) is 6.01. The average molecular weight is 339 g/mol. The standard InChI is InChI=1S/C18H17N3O2S/c22-11-17(23)20-15-8-4-7-14(9-15)19-10-16-12-24-18(21-16)13-5-2-1-3-6-13/h1-9,12,19,22H,10-11H2,(H,20,23). The van der Waals surface area contributed by atoms with Crippen molar-refractivity contribution in [2.75, 3.05) is 17.2 Å². The van der Waals surface area contributed by atoms with Crippen molar-refractivity contribution in [3.05, 3.63) is 65.7 Å². The fourth-order valence-corrected chi connectivity index (χ4v) is 3.03. The zero-order valence-corrected chi connectivity index (χ0v) is 13.7. The van der Waals surface area contributed by atoms with Gasteiger partial charge in [-0.05, 0) is 18.2 Å². The number of thiazole rings is 1. The van der Waals surface area contributed by atoms with E-state index in [1.165, 1.54) is 0 Å². The molecule has 5 nitrogen and oxygen atoms in total. The molecule has 0 aliphatic rings. The number of aliphatic hydroxyl groups is 1. The van der Waals surface area contributed by atoms with Crippen LogP contribution in [-0.2, 0) is 11.3 Å². The minimum atomic E-state index is -0.529. The van der Waals surface area contributed by atoms with Crippen LogP contribution in [-0.4, -0.2) is 22.6 Å². The molecular formula is C18H17N3O2S. The minimum Gasteiger partial charge on any atom is -0.387 e. The summed E-state index contributed by atoms with van der Waals surface area (Å²) in [5.41, 5.74) is 3.59. The predicted octanol–water partition coefficient (Wildman–Crippen LogP) is 3.35. The summed E-state index contributed by atoms with van der Waals surface area (Å²) in [6.07, 6.45) is 0. The number of benzene rings is 2. The molecule has 0 atom stereocenters. The van der Waals surface area contributed by atoms with E-state index in [0.29, 0.717) is 12.2 Å². The Hall–Kier alpha value is -2.70. The van der Waals surface area contributed by atoms with Crippen LogP contribution in [0.15, 0.2) is 60.0 Å². The first-order chi connectivity index (χ1) is 11.7. The summed E-state index contributed by atoms with van der Waals surface area (Å²) in [6.45, 7) is 0.0689. The first kappa shape index (κ1) is 16.2. The summed E-state index contributed by atoms with van der Waals surface area (Å²) in [5, 5.41) is 17.7. The molecular weight excluding hydrogens is 322 g/mol. The van der Waals surface area contributed by atoms with Crippen molar-refractivity contribution in [2.24, 2.45) is 0 Å². The molecule has 1 aromatic heterocycles. The third kappa shape index (κ3) is 4.18. The van der Waals surface area contributed by atoms with E-state index in [-0.39, 0.29) is 0 Å². The third-order valence-electron chi connectivity index (χ3n) is 3.34. The van der Waals surface area contributed by atoms with E-state index in [1.807, 2.05) is 53.9 Å². The maximum atomic E-state index is 11.2. The van der Waals surface area contributed by atoms with Crippen molar-refractivity contribution in [1.29, 1.82) is 0 Å². The molecule has 2 aromatic carbocycles. The van der Waals surface area contributed by atoms with Crippen molar-refractivity contribution in [3.8, 4) is 10.6 Å². The molecule has 3 aromatic rings. The Morgan fingerprint density at radius 1 is 1.08 bits per heavy atom. The molecule has 3 rings (SSSR count). The molecule has 0 saturated carbocycles. The van der Waals surface area contributed by atoms with E-state index in [2.05, 4.69) is 15.6 Å². The van der Waals surface area contributed by atoms with E-state index in [9.17, 15) is 4.79 Å². The van der Waals surface area contributed by atoms with Gasteiger partial charge in [-0.15, -0.1) is 11.3 Å². The molecule has 1 heterocycles. The molecule has 0 bridgehead atoms. The lowest BCUT2D eigenvalue weighted by Gasteiger charge is -2.08. The highest BCUT2D eigenvalue weighted by Crippen LogP contribution is 2.24. The molecule has 0 radical (unpaired) electrons. The normalized spacial score (nSPS) is 10.4. The van der Waals surface area contributed by atoms with E-state index in [4.69, 9.17) is 5.11 Å². The summed E-state index contributed by atoms with van der Waals surface area (Å²) in [6, 6.07) is 17.4. The molecule has 0 aliphatic carbocycles. The quantitative estimate of drug-likeness (QED) is 0.644. The second kappa shape index (κ2) is 7.72. The largest absolute Gasteiger partial charge is 0.387 e. The van der Waals surface area contributed by atoms with Gasteiger partial charge >= 0.3 is 0 Å². The Kier molecular flexibility index (Phi) is 5.20. The molecule has 0 fully saturated rings. The van der Waals surface area contributed by atoms with Crippen LogP contribution < -0.4 is 10.6 Å². The maximum Gasteiger partial charge on any atom is 0.250 e. The van der Waals surface area contributed by atoms with Crippen molar-refractivity contribution in [3.63, 3.8) is 0 Å². The molecule has 1 amide bonds. The Morgan fingerprint density at radius 2 is 1.88 bits per heavy atom. The Morgan fingerprint density at radius 3 is 2.67 bits per heavy atom. The number of nitrogens with one attached hydrogen (secondary N) is 2. The lowest BCUT2D eigenvalue weighted by atomic mass is 10.2. The van der Waals surface area contributed by atoms with Gasteiger partial charge in [0.15, 0.2) is 0 Å². The monoisotopic (exact) mass is 339 g/mol. The van der Waals surface area contributed by atoms with E-state index in [0.717, 1.165) is 22.0 Å². The van der Waals surface area contributed by atoms with Crippen LogP contribution in [0, 0.1) is 0 Å². The highest BCUT2D eigenvalue weighted by Gasteiger charge is 2.05. The number of carbonyl (C=O) groups is 1. The summed E-state index contributed by atoms with van der Waals surface area (Å²) in [7, 11) is 0. The van der Waals surface area contributed by atoms with E-state index >= 15 is 0 Å². The number of aromatic nitrogens is 1. The number of anilines is 2. The number of amides is 1. The number of rotatable bonds is 6. The van der Waals surface area contributed by atoms with Crippen LogP contribution in [0.4, 0.5) is 11.4 Å². The fraction of sp³-hybridized carbons (Fsp3) is 0.111. The van der Waals surface area contributed by atoms with Crippen molar-refractivity contribution in [1.82, 2.24) is 4.98 Å². The number of aliphatic hydroxyl groups excluding tert-OH is 1. The number of hydrogen-bond acceptors (Lipinski definition) is 5. The van der Waals surface area contributed by atoms with Gasteiger partial charge in [-0.25, -0.2) is 4.98 Å². The summed E-state index contributed by atoms with van der Waals surface area (Å²) in [4.78, 5) is 15.9. The third-order valence-corrected chi connectivity index (χ3v) is 4.28. The van der Waals surface area contributed by atoms with Gasteiger partial charge in [0, 0.05) is 22.3 Å². The van der Waals surface area contributed by atoms with Crippen LogP contribution in [0.1, 0.15) is 5.69 Å². The smallest absolute Gasteiger partial charge is 0.250 e. The fourth-order valence-electron chi connectivity index (χ4n) is 2.20. The Balaban J connectivity index is 1.63. The molecule has 0 aliphatic heterocycles. The molecule has 0 spiro atoms. The SMILES string of the molecule is O=C(CO)Nc1cccc(NCc2csc(-c3ccccc3)n2)c1. The lowest BCUT2D eigenvalue weighted by Crippen LogP contribution is -2.15. The summed E-state index contributed by atoms with van der Waals surface area (Å²) < 4.78 is 0. The zero-order chi connectivity index (χ0) is 16.8. The molecule has 0 unspecified atom stereocenters. The van der Waals surface area contributed by atoms with Gasteiger partial charge in [0.1, 0.15) is 11.6 Å². The van der Waals surface area contributed by atoms with Crippen LogP contribution in [0.25, 0.3) is 10.6 Å². The van der Waals surface area contributed by atoms with Crippen LogP contribution in [0.3, 0.4) is 0 Å². The van der Waals surface area contributed by atoms with Gasteiger partial charge in [0.2, 0.25) is 5.91 Å². The summed E-state index contributed by atoms with van der Waals surface area (Å²) in [5.74, 6) is -0.431. The van der Waals surface area contributed by atoms with Crippen LogP contribution in [0.2, 0.25) is 0 Å². The molecule has 3 N–H and O–H groups in total. The zero-order valence-electron chi connectivity index (χ0n) is 12.9. The molecule has 6 heteroatoms. The number of hydrogen-bond donors (Lipinski definition) is 3. The molecule has 122 valence electrons. The summed E-state index contributed by atoms with van der Waals surface area (Å²) >= 11 is 1.62. The Bertz CT molecular complexity index is 818. The molecule has 24 heavy (non-hydrogen) atoms. The van der Waals surface area contributed by atoms with E-state index < -0.39 is 12.5 Å². The van der Waals surface area contributed by atoms with Gasteiger partial charge in [0.05, 0.1) is 12.2 Å². The van der Waals surface area contributed by atoms with Crippen molar-refractivity contribution >= 4 is 28.6 Å². The topological polar surface area (TPSA) is 74.2 Å². The minimum absolute atomic E-state index is 0.431. The first-order valence-electron chi connectivity index (χ1n) is 7.49. The highest BCUT2D eigenvalue weighted by atomic mass is 32.1. The molecule has 0 saturated heterocycles. The van der Waals surface area contributed by atoms with Gasteiger partial charge in [-0.3, -0.25) is 4.79 Å². The average Bonchev–Trinajstić information content (AvgIpc) is 3.10. The predicted molar refractivity (Wildman–Crippen MR) is 97.0 cm³/mol. The van der Waals surface area contributed by atoms with Gasteiger partial charge < -0.3 is 15.7 Å². The van der Waals surface area contributed by atoms with Crippen LogP contribution >= 0.6 is 11.3 Å². The van der Waals surface area contributed by atoms with Gasteiger partial charge in [-0.1, -0.05) is 36.4 Å². The second-order valence-electron chi connectivity index (χ2n) is 5.15. The maximum absolute atomic E-state index is 11.2. The van der Waals surface area contributed by atoms with Gasteiger partial charge in [-0.2, -0.15) is 0 Å². The van der Waals surface area contributed by atoms with Crippen LogP contribution in [0.5, 0.6) is 0 Å². The van der Waals surface area contributed by atoms with Gasteiger partial charge in [0.25, 0.3) is 0 Å². The van der Waals surface area contributed by atoms with Crippen molar-refractivity contribution in [2.45, 2.75) is 6.54 Å².